The van der Waals surface area contributed by atoms with Crippen LogP contribution in [0.15, 0.2) is 42.5 Å². The number of benzene rings is 2. The summed E-state index contributed by atoms with van der Waals surface area (Å²) in [5.41, 5.74) is 0.345. The van der Waals surface area contributed by atoms with E-state index in [2.05, 4.69) is 5.32 Å². The van der Waals surface area contributed by atoms with Gasteiger partial charge in [0.15, 0.2) is 0 Å². The lowest BCUT2D eigenvalue weighted by Gasteiger charge is -2.11. The molecule has 114 valence electrons. The van der Waals surface area contributed by atoms with Crippen molar-refractivity contribution >= 4 is 17.3 Å². The summed E-state index contributed by atoms with van der Waals surface area (Å²) >= 11 is 0. The van der Waals surface area contributed by atoms with Crippen LogP contribution < -0.4 is 14.8 Å². The summed E-state index contributed by atoms with van der Waals surface area (Å²) < 4.78 is 10.2. The predicted octanol–water partition coefficient (Wildman–Crippen LogP) is 2.86. The fourth-order valence-electron chi connectivity index (χ4n) is 1.92. The number of ether oxygens (including phenoxy) is 2. The topological polar surface area (TPSA) is 90.7 Å². The number of hydrogen-bond donors (Lipinski definition) is 1. The molecule has 0 aliphatic rings. The smallest absolute Gasteiger partial charge is 0.270 e. The molecule has 2 aromatic carbocycles. The van der Waals surface area contributed by atoms with Crippen molar-refractivity contribution in [2.24, 2.45) is 0 Å². The summed E-state index contributed by atoms with van der Waals surface area (Å²) in [6.45, 7) is 0. The van der Waals surface area contributed by atoms with E-state index in [1.807, 2.05) is 0 Å². The number of hydrogen-bond acceptors (Lipinski definition) is 5. The molecule has 0 heterocycles. The summed E-state index contributed by atoms with van der Waals surface area (Å²) in [4.78, 5) is 22.6. The molecule has 2 aromatic rings. The lowest BCUT2D eigenvalue weighted by molar-refractivity contribution is -0.384. The van der Waals surface area contributed by atoms with E-state index in [0.717, 1.165) is 0 Å². The van der Waals surface area contributed by atoms with Crippen LogP contribution in [0.3, 0.4) is 0 Å². The summed E-state index contributed by atoms with van der Waals surface area (Å²) in [5.74, 6) is 0.211. The van der Waals surface area contributed by atoms with Gasteiger partial charge in [0.05, 0.1) is 30.4 Å². The molecule has 2 rings (SSSR count). The lowest BCUT2D eigenvalue weighted by Crippen LogP contribution is -2.14. The van der Waals surface area contributed by atoms with E-state index in [4.69, 9.17) is 9.47 Å². The number of nitro groups is 1. The highest BCUT2D eigenvalue weighted by Crippen LogP contribution is 2.27. The molecule has 0 bridgehead atoms. The molecule has 1 N–H and O–H groups in total. The van der Waals surface area contributed by atoms with Crippen molar-refractivity contribution in [2.45, 2.75) is 0 Å². The Labute approximate surface area is 126 Å². The summed E-state index contributed by atoms with van der Waals surface area (Å²) in [6, 6.07) is 10.7. The average Bonchev–Trinajstić information content (AvgIpc) is 2.54. The minimum absolute atomic E-state index is 0.0719. The zero-order chi connectivity index (χ0) is 16.1. The van der Waals surface area contributed by atoms with Crippen LogP contribution in [0.5, 0.6) is 11.5 Å². The van der Waals surface area contributed by atoms with Crippen LogP contribution in [-0.2, 0) is 0 Å². The number of carbonyl (C=O) groups is 1. The van der Waals surface area contributed by atoms with E-state index in [0.29, 0.717) is 11.4 Å². The number of amides is 1. The van der Waals surface area contributed by atoms with Gasteiger partial charge in [0, 0.05) is 12.1 Å². The van der Waals surface area contributed by atoms with Crippen LogP contribution in [0.2, 0.25) is 0 Å². The number of para-hydroxylation sites is 2. The van der Waals surface area contributed by atoms with E-state index in [-0.39, 0.29) is 17.0 Å². The lowest BCUT2D eigenvalue weighted by atomic mass is 10.1. The van der Waals surface area contributed by atoms with Crippen LogP contribution in [0.4, 0.5) is 11.4 Å². The highest BCUT2D eigenvalue weighted by molar-refractivity contribution is 6.07. The zero-order valence-electron chi connectivity index (χ0n) is 12.0. The van der Waals surface area contributed by atoms with Crippen LogP contribution in [-0.4, -0.2) is 25.1 Å². The van der Waals surface area contributed by atoms with Gasteiger partial charge in [-0.2, -0.15) is 0 Å². The van der Waals surface area contributed by atoms with Gasteiger partial charge < -0.3 is 14.8 Å². The Hall–Kier alpha value is -3.09. The molecule has 0 radical (unpaired) electrons. The number of nitro benzene ring substituents is 1. The Bertz CT molecular complexity index is 715. The quantitative estimate of drug-likeness (QED) is 0.677. The molecular weight excluding hydrogens is 288 g/mol. The first-order chi connectivity index (χ1) is 10.6. The van der Waals surface area contributed by atoms with Crippen molar-refractivity contribution < 1.29 is 19.2 Å². The van der Waals surface area contributed by atoms with Gasteiger partial charge in [0.25, 0.3) is 11.6 Å². The zero-order valence-corrected chi connectivity index (χ0v) is 12.0. The Kier molecular flexibility index (Phi) is 4.57. The second kappa shape index (κ2) is 6.57. The van der Waals surface area contributed by atoms with Crippen molar-refractivity contribution in [2.75, 3.05) is 19.5 Å². The van der Waals surface area contributed by atoms with Crippen molar-refractivity contribution in [3.63, 3.8) is 0 Å². The van der Waals surface area contributed by atoms with Gasteiger partial charge >= 0.3 is 0 Å². The van der Waals surface area contributed by atoms with E-state index >= 15 is 0 Å². The highest BCUT2D eigenvalue weighted by atomic mass is 16.6. The third-order valence-electron chi connectivity index (χ3n) is 2.99. The molecule has 0 atom stereocenters. The molecule has 0 aliphatic heterocycles. The first kappa shape index (κ1) is 15.3. The molecule has 0 fully saturated rings. The molecule has 0 saturated heterocycles. The predicted molar refractivity (Wildman–Crippen MR) is 80.6 cm³/mol. The van der Waals surface area contributed by atoms with Crippen molar-refractivity contribution in [3.8, 4) is 11.5 Å². The van der Waals surface area contributed by atoms with Crippen LogP contribution >= 0.6 is 0 Å². The van der Waals surface area contributed by atoms with Crippen molar-refractivity contribution in [3.05, 3.63) is 58.1 Å². The highest BCUT2D eigenvalue weighted by Gasteiger charge is 2.18. The summed E-state index contributed by atoms with van der Waals surface area (Å²) in [5, 5.41) is 13.5. The standard InChI is InChI=1S/C15H14N2O5/c1-21-13-8-7-10(17(19)20)9-11(13)15(18)16-12-5-3-4-6-14(12)22-2/h3-9H,1-2H3,(H,16,18). The van der Waals surface area contributed by atoms with Gasteiger partial charge in [-0.3, -0.25) is 14.9 Å². The third-order valence-corrected chi connectivity index (χ3v) is 2.99. The fourth-order valence-corrected chi connectivity index (χ4v) is 1.92. The maximum absolute atomic E-state index is 12.4. The van der Waals surface area contributed by atoms with E-state index in [9.17, 15) is 14.9 Å². The maximum atomic E-state index is 12.4. The number of non-ortho nitro benzene ring substituents is 1. The molecule has 0 unspecified atom stereocenters. The molecule has 1 amide bonds. The largest absolute Gasteiger partial charge is 0.496 e. The van der Waals surface area contributed by atoms with Gasteiger partial charge in [0.1, 0.15) is 11.5 Å². The maximum Gasteiger partial charge on any atom is 0.270 e. The number of anilines is 1. The second-order valence-electron chi connectivity index (χ2n) is 4.30. The Balaban J connectivity index is 2.36. The van der Waals surface area contributed by atoms with Crippen molar-refractivity contribution in [1.29, 1.82) is 0 Å². The molecule has 0 spiro atoms. The van der Waals surface area contributed by atoms with Crippen LogP contribution in [0.25, 0.3) is 0 Å². The second-order valence-corrected chi connectivity index (χ2v) is 4.30. The number of rotatable bonds is 5. The molecule has 0 aromatic heterocycles. The number of nitrogens with zero attached hydrogens (tertiary/aromatic N) is 1. The molecule has 7 heteroatoms. The Morgan fingerprint density at radius 1 is 1.09 bits per heavy atom. The number of nitrogens with one attached hydrogen (secondary N) is 1. The SMILES string of the molecule is COc1ccccc1NC(=O)c1cc([N+](=O)[O-])ccc1OC. The first-order valence-electron chi connectivity index (χ1n) is 6.33. The number of methoxy groups -OCH3 is 2. The Morgan fingerprint density at radius 3 is 2.41 bits per heavy atom. The van der Waals surface area contributed by atoms with Gasteiger partial charge in [-0.05, 0) is 18.2 Å². The fraction of sp³-hybridized carbons (Fsp3) is 0.133. The van der Waals surface area contributed by atoms with E-state index < -0.39 is 10.8 Å². The molecule has 0 aliphatic carbocycles. The Morgan fingerprint density at radius 2 is 1.77 bits per heavy atom. The molecule has 7 nitrogen and oxygen atoms in total. The first-order valence-corrected chi connectivity index (χ1v) is 6.33. The monoisotopic (exact) mass is 302 g/mol. The van der Waals surface area contributed by atoms with Gasteiger partial charge in [-0.15, -0.1) is 0 Å². The van der Waals surface area contributed by atoms with E-state index in [1.54, 1.807) is 24.3 Å². The minimum Gasteiger partial charge on any atom is -0.496 e. The summed E-state index contributed by atoms with van der Waals surface area (Å²) in [6.07, 6.45) is 0. The van der Waals surface area contributed by atoms with Crippen molar-refractivity contribution in [1.82, 2.24) is 0 Å². The minimum atomic E-state index is -0.570. The van der Waals surface area contributed by atoms with Gasteiger partial charge in [0.2, 0.25) is 0 Å². The summed E-state index contributed by atoms with van der Waals surface area (Å²) in [7, 11) is 2.87. The van der Waals surface area contributed by atoms with Gasteiger partial charge in [-0.25, -0.2) is 0 Å². The average molecular weight is 302 g/mol. The molecular formula is C15H14N2O5. The van der Waals surface area contributed by atoms with Crippen LogP contribution in [0.1, 0.15) is 10.4 Å². The van der Waals surface area contributed by atoms with Crippen LogP contribution in [0, 0.1) is 10.1 Å². The van der Waals surface area contributed by atoms with E-state index in [1.165, 1.54) is 32.4 Å². The normalized spacial score (nSPS) is 9.91. The van der Waals surface area contributed by atoms with Gasteiger partial charge in [-0.1, -0.05) is 12.1 Å². The number of carbonyl (C=O) groups excluding carboxylic acids is 1. The third kappa shape index (κ3) is 3.14. The molecule has 22 heavy (non-hydrogen) atoms. The molecule has 0 saturated carbocycles.